The molecule has 2 N–H and O–H groups in total. The van der Waals surface area contributed by atoms with Crippen LogP contribution in [-0.2, 0) is 4.79 Å². The number of amides is 1. The van der Waals surface area contributed by atoms with Crippen LogP contribution < -0.4 is 5.32 Å². The van der Waals surface area contributed by atoms with Gasteiger partial charge in [-0.15, -0.1) is 11.3 Å². The summed E-state index contributed by atoms with van der Waals surface area (Å²) >= 11 is 1.44. The van der Waals surface area contributed by atoms with E-state index in [0.717, 1.165) is 22.9 Å². The number of carboxylic acids is 1. The molecule has 1 aliphatic rings. The van der Waals surface area contributed by atoms with Crippen molar-refractivity contribution in [3.63, 3.8) is 0 Å². The molecule has 22 heavy (non-hydrogen) atoms. The largest absolute Gasteiger partial charge is 0.481 e. The van der Waals surface area contributed by atoms with Crippen LogP contribution in [0.1, 0.15) is 42.3 Å². The molecular formula is C17H19NO3S. The van der Waals surface area contributed by atoms with Crippen LogP contribution in [-0.4, -0.2) is 22.5 Å². The number of hydrogen-bond acceptors (Lipinski definition) is 3. The minimum Gasteiger partial charge on any atom is -0.481 e. The number of rotatable bonds is 3. The lowest BCUT2D eigenvalue weighted by Crippen LogP contribution is -2.55. The highest BCUT2D eigenvalue weighted by atomic mass is 32.1. The molecule has 0 spiro atoms. The quantitative estimate of drug-likeness (QED) is 0.908. The molecule has 1 heterocycles. The summed E-state index contributed by atoms with van der Waals surface area (Å²) in [4.78, 5) is 24.7. The minimum atomic E-state index is -0.821. The van der Waals surface area contributed by atoms with Gasteiger partial charge >= 0.3 is 5.97 Å². The Hall–Kier alpha value is -1.88. The first kappa shape index (κ1) is 15.0. The van der Waals surface area contributed by atoms with Gasteiger partial charge in [0.2, 0.25) is 0 Å². The summed E-state index contributed by atoms with van der Waals surface area (Å²) in [7, 11) is 0. The zero-order valence-electron chi connectivity index (χ0n) is 12.5. The van der Waals surface area contributed by atoms with E-state index in [-0.39, 0.29) is 5.91 Å². The maximum absolute atomic E-state index is 12.6. The Morgan fingerprint density at radius 2 is 2.09 bits per heavy atom. The topological polar surface area (TPSA) is 66.4 Å². The van der Waals surface area contributed by atoms with Crippen molar-refractivity contribution in [3.8, 4) is 0 Å². The standard InChI is InChI=1S/C17H19NO3S/c1-17(9-5-4-7-12(17)16(20)21)18-15(19)14-10-11-6-2-3-8-13(11)22-14/h2-3,6,8,10,12H,4-5,7,9H2,1H3,(H,18,19)(H,20,21). The van der Waals surface area contributed by atoms with E-state index in [9.17, 15) is 14.7 Å². The van der Waals surface area contributed by atoms with E-state index in [1.165, 1.54) is 11.3 Å². The number of benzene rings is 1. The first-order valence-corrected chi connectivity index (χ1v) is 8.35. The lowest BCUT2D eigenvalue weighted by atomic mass is 9.74. The van der Waals surface area contributed by atoms with E-state index < -0.39 is 17.4 Å². The minimum absolute atomic E-state index is 0.170. The number of nitrogens with one attached hydrogen (secondary N) is 1. The van der Waals surface area contributed by atoms with Crippen LogP contribution in [0, 0.1) is 5.92 Å². The molecule has 1 aliphatic carbocycles. The molecule has 5 heteroatoms. The van der Waals surface area contributed by atoms with E-state index >= 15 is 0 Å². The summed E-state index contributed by atoms with van der Waals surface area (Å²) in [6.45, 7) is 1.86. The van der Waals surface area contributed by atoms with Crippen molar-refractivity contribution in [2.45, 2.75) is 38.1 Å². The molecule has 1 aromatic heterocycles. The van der Waals surface area contributed by atoms with Crippen LogP contribution in [0.3, 0.4) is 0 Å². The molecule has 0 radical (unpaired) electrons. The second-order valence-electron chi connectivity index (χ2n) is 6.16. The van der Waals surface area contributed by atoms with Crippen LogP contribution in [0.4, 0.5) is 0 Å². The molecule has 4 nitrogen and oxygen atoms in total. The number of carbonyl (C=O) groups excluding carboxylic acids is 1. The van der Waals surface area contributed by atoms with Crippen LogP contribution in [0.15, 0.2) is 30.3 Å². The Balaban J connectivity index is 1.84. The number of hydrogen-bond donors (Lipinski definition) is 2. The summed E-state index contributed by atoms with van der Waals surface area (Å²) < 4.78 is 1.07. The second-order valence-corrected chi connectivity index (χ2v) is 7.24. The summed E-state index contributed by atoms with van der Waals surface area (Å²) in [5.41, 5.74) is -0.669. The Kier molecular flexibility index (Phi) is 3.91. The van der Waals surface area contributed by atoms with Crippen molar-refractivity contribution < 1.29 is 14.7 Å². The maximum Gasteiger partial charge on any atom is 0.308 e. The molecule has 2 aromatic rings. The molecule has 0 bridgehead atoms. The van der Waals surface area contributed by atoms with Gasteiger partial charge in [-0.05, 0) is 37.3 Å². The van der Waals surface area contributed by atoms with Crippen molar-refractivity contribution in [1.29, 1.82) is 0 Å². The fourth-order valence-corrected chi connectivity index (χ4v) is 4.25. The highest BCUT2D eigenvalue weighted by molar-refractivity contribution is 7.20. The maximum atomic E-state index is 12.6. The van der Waals surface area contributed by atoms with E-state index in [4.69, 9.17) is 0 Å². The number of fused-ring (bicyclic) bond motifs is 1. The molecule has 1 fully saturated rings. The summed E-state index contributed by atoms with van der Waals surface area (Å²) in [5, 5.41) is 13.5. The first-order chi connectivity index (χ1) is 10.5. The lowest BCUT2D eigenvalue weighted by Gasteiger charge is -2.39. The normalized spacial score (nSPS) is 25.0. The Morgan fingerprint density at radius 3 is 2.82 bits per heavy atom. The summed E-state index contributed by atoms with van der Waals surface area (Å²) in [5.74, 6) is -1.50. The van der Waals surface area contributed by atoms with Crippen molar-refractivity contribution in [2.75, 3.05) is 0 Å². The van der Waals surface area contributed by atoms with Gasteiger partial charge in [0.15, 0.2) is 0 Å². The molecule has 2 unspecified atom stereocenters. The van der Waals surface area contributed by atoms with E-state index in [1.54, 1.807) is 0 Å². The zero-order chi connectivity index (χ0) is 15.7. The van der Waals surface area contributed by atoms with Gasteiger partial charge in [-0.25, -0.2) is 0 Å². The lowest BCUT2D eigenvalue weighted by molar-refractivity contribution is -0.145. The number of carboxylic acid groups (broad SMARTS) is 1. The molecule has 3 rings (SSSR count). The second kappa shape index (κ2) is 5.72. The third-order valence-corrected chi connectivity index (χ3v) is 5.67. The molecule has 116 valence electrons. The molecule has 1 saturated carbocycles. The van der Waals surface area contributed by atoms with Gasteiger partial charge in [0.1, 0.15) is 0 Å². The van der Waals surface area contributed by atoms with Crippen LogP contribution in [0.5, 0.6) is 0 Å². The fourth-order valence-electron chi connectivity index (χ4n) is 3.29. The third kappa shape index (κ3) is 2.73. The predicted octanol–water partition coefficient (Wildman–Crippen LogP) is 3.66. The number of carbonyl (C=O) groups is 2. The monoisotopic (exact) mass is 317 g/mol. The molecule has 0 aliphatic heterocycles. The molecular weight excluding hydrogens is 298 g/mol. The first-order valence-electron chi connectivity index (χ1n) is 7.53. The van der Waals surface area contributed by atoms with Gasteiger partial charge in [0, 0.05) is 4.70 Å². The summed E-state index contributed by atoms with van der Waals surface area (Å²) in [6, 6.07) is 9.73. The molecule has 0 saturated heterocycles. The van der Waals surface area contributed by atoms with Gasteiger partial charge < -0.3 is 10.4 Å². The van der Waals surface area contributed by atoms with E-state index in [0.29, 0.717) is 17.7 Å². The highest BCUT2D eigenvalue weighted by Crippen LogP contribution is 2.35. The third-order valence-electron chi connectivity index (χ3n) is 4.55. The van der Waals surface area contributed by atoms with Crippen molar-refractivity contribution in [1.82, 2.24) is 5.32 Å². The van der Waals surface area contributed by atoms with Crippen molar-refractivity contribution in [2.24, 2.45) is 5.92 Å². The van der Waals surface area contributed by atoms with Crippen LogP contribution in [0.2, 0.25) is 0 Å². The van der Waals surface area contributed by atoms with Gasteiger partial charge in [-0.3, -0.25) is 9.59 Å². The highest BCUT2D eigenvalue weighted by Gasteiger charge is 2.42. The average molecular weight is 317 g/mol. The Bertz CT molecular complexity index is 691. The summed E-state index contributed by atoms with van der Waals surface area (Å²) in [6.07, 6.45) is 3.19. The van der Waals surface area contributed by atoms with Crippen molar-refractivity contribution in [3.05, 3.63) is 35.2 Å². The average Bonchev–Trinajstić information content (AvgIpc) is 2.91. The zero-order valence-corrected chi connectivity index (χ0v) is 13.3. The number of thiophene rings is 1. The van der Waals surface area contributed by atoms with Gasteiger partial charge in [-0.2, -0.15) is 0 Å². The molecule has 1 amide bonds. The van der Waals surface area contributed by atoms with Crippen LogP contribution in [0.25, 0.3) is 10.1 Å². The van der Waals surface area contributed by atoms with Gasteiger partial charge in [0.05, 0.1) is 16.3 Å². The van der Waals surface area contributed by atoms with E-state index in [1.807, 2.05) is 37.3 Å². The SMILES string of the molecule is CC1(NC(=O)c2cc3ccccc3s2)CCCCC1C(=O)O. The van der Waals surface area contributed by atoms with Gasteiger partial charge in [0.25, 0.3) is 5.91 Å². The number of aliphatic carboxylic acids is 1. The molecule has 2 atom stereocenters. The van der Waals surface area contributed by atoms with Gasteiger partial charge in [-0.1, -0.05) is 31.0 Å². The Labute approximate surface area is 133 Å². The van der Waals surface area contributed by atoms with E-state index in [2.05, 4.69) is 5.32 Å². The Morgan fingerprint density at radius 1 is 1.32 bits per heavy atom. The predicted molar refractivity (Wildman–Crippen MR) is 87.3 cm³/mol. The smallest absolute Gasteiger partial charge is 0.308 e. The molecule has 1 aromatic carbocycles. The fraction of sp³-hybridized carbons (Fsp3) is 0.412. The van der Waals surface area contributed by atoms with Crippen LogP contribution >= 0.6 is 11.3 Å². The van der Waals surface area contributed by atoms with Crippen molar-refractivity contribution >= 4 is 33.3 Å².